The second-order valence-electron chi connectivity index (χ2n) is 13.5. The zero-order valence-electron chi connectivity index (χ0n) is 29.2. The molecule has 10 nitrogen and oxygen atoms in total. The lowest BCUT2D eigenvalue weighted by atomic mass is 9.98. The van der Waals surface area contributed by atoms with E-state index < -0.39 is 55.6 Å². The van der Waals surface area contributed by atoms with Gasteiger partial charge in [-0.25, -0.2) is 0 Å². The summed E-state index contributed by atoms with van der Waals surface area (Å²) in [6.07, 6.45) is 15.5. The molecule has 8 atom stereocenters. The third-order valence-corrected chi connectivity index (χ3v) is 9.30. The monoisotopic (exact) mass is 662 g/mol. The molecular formula is C36H71NO9. The van der Waals surface area contributed by atoms with Crippen LogP contribution in [0.3, 0.4) is 0 Å². The number of rotatable bonds is 30. The van der Waals surface area contributed by atoms with Crippen molar-refractivity contribution < 1.29 is 44.9 Å². The Balaban J connectivity index is 2.52. The Labute approximate surface area is 279 Å². The third kappa shape index (κ3) is 19.2. The molecule has 0 saturated carbocycles. The number of amides is 1. The predicted molar refractivity (Wildman–Crippen MR) is 181 cm³/mol. The molecule has 46 heavy (non-hydrogen) atoms. The molecule has 1 fully saturated rings. The zero-order valence-corrected chi connectivity index (χ0v) is 29.2. The first-order chi connectivity index (χ1) is 22.3. The van der Waals surface area contributed by atoms with Crippen molar-refractivity contribution in [2.45, 2.75) is 210 Å². The molecule has 274 valence electrons. The van der Waals surface area contributed by atoms with E-state index in [9.17, 15) is 35.4 Å². The van der Waals surface area contributed by atoms with E-state index in [2.05, 4.69) is 19.2 Å². The van der Waals surface area contributed by atoms with Gasteiger partial charge in [-0.3, -0.25) is 4.79 Å². The number of aliphatic hydroxyl groups is 6. The summed E-state index contributed by atoms with van der Waals surface area (Å²) < 4.78 is 11.1. The lowest BCUT2D eigenvalue weighted by Crippen LogP contribution is -2.60. The quantitative estimate of drug-likeness (QED) is 0.0523. The standard InChI is InChI=1S/C36H71NO9/c1-3-5-7-9-11-13-15-16-18-20-22-24-29(39)32(41)28(27-45-36-35(44)34(43)33(42)30(26-38)46-36)37-31(40)25-23-21-19-17-14-12-10-8-6-4-2/h28-30,32-36,38-39,41-44H,3-27H2,1-2H3,(H,37,40)/t28-,29+,30+,32-,33-,34?,35?,36+/m0/s1. The van der Waals surface area contributed by atoms with Crippen molar-refractivity contribution in [2.75, 3.05) is 13.2 Å². The lowest BCUT2D eigenvalue weighted by Gasteiger charge is -2.40. The van der Waals surface area contributed by atoms with E-state index >= 15 is 0 Å². The summed E-state index contributed by atoms with van der Waals surface area (Å²) in [5.74, 6) is -0.261. The van der Waals surface area contributed by atoms with Crippen LogP contribution in [-0.2, 0) is 14.3 Å². The maximum absolute atomic E-state index is 12.8. The Hall–Kier alpha value is -0.850. The molecule has 0 bridgehead atoms. The topological polar surface area (TPSA) is 169 Å². The van der Waals surface area contributed by atoms with Gasteiger partial charge in [0.05, 0.1) is 25.4 Å². The average Bonchev–Trinajstić information content (AvgIpc) is 3.05. The number of ether oxygens (including phenoxy) is 2. The molecule has 0 aliphatic carbocycles. The van der Waals surface area contributed by atoms with Crippen LogP contribution in [-0.4, -0.2) is 98.7 Å². The van der Waals surface area contributed by atoms with Crippen molar-refractivity contribution in [3.63, 3.8) is 0 Å². The molecular weight excluding hydrogens is 590 g/mol. The summed E-state index contributed by atoms with van der Waals surface area (Å²) in [5, 5.41) is 64.6. The summed E-state index contributed by atoms with van der Waals surface area (Å²) in [6, 6.07) is -0.981. The van der Waals surface area contributed by atoms with Crippen LogP contribution < -0.4 is 5.32 Å². The first kappa shape index (κ1) is 43.2. The van der Waals surface area contributed by atoms with E-state index in [1.54, 1.807) is 0 Å². The van der Waals surface area contributed by atoms with Crippen molar-refractivity contribution >= 4 is 5.91 Å². The van der Waals surface area contributed by atoms with Crippen LogP contribution in [0.5, 0.6) is 0 Å². The van der Waals surface area contributed by atoms with Crippen LogP contribution in [0.1, 0.15) is 162 Å². The van der Waals surface area contributed by atoms with Gasteiger partial charge in [-0.15, -0.1) is 0 Å². The minimum Gasteiger partial charge on any atom is -0.394 e. The van der Waals surface area contributed by atoms with Gasteiger partial charge in [0, 0.05) is 6.42 Å². The van der Waals surface area contributed by atoms with Crippen LogP contribution in [0.2, 0.25) is 0 Å². The van der Waals surface area contributed by atoms with Crippen LogP contribution >= 0.6 is 0 Å². The van der Waals surface area contributed by atoms with Gasteiger partial charge in [0.2, 0.25) is 5.91 Å². The van der Waals surface area contributed by atoms with Crippen molar-refractivity contribution in [1.82, 2.24) is 5.32 Å². The molecule has 0 spiro atoms. The molecule has 0 radical (unpaired) electrons. The first-order valence-corrected chi connectivity index (χ1v) is 18.8. The number of carbonyl (C=O) groups excluding carboxylic acids is 1. The normalized spacial score (nSPS) is 23.7. The van der Waals surface area contributed by atoms with Gasteiger partial charge in [0.15, 0.2) is 6.29 Å². The number of aliphatic hydroxyl groups excluding tert-OH is 6. The number of hydrogen-bond acceptors (Lipinski definition) is 9. The second-order valence-corrected chi connectivity index (χ2v) is 13.5. The maximum atomic E-state index is 12.8. The van der Waals surface area contributed by atoms with Crippen molar-refractivity contribution in [3.8, 4) is 0 Å². The second kappa shape index (κ2) is 28.0. The molecule has 1 aliphatic rings. The summed E-state index contributed by atoms with van der Waals surface area (Å²) in [5.41, 5.74) is 0. The van der Waals surface area contributed by atoms with Crippen molar-refractivity contribution in [2.24, 2.45) is 0 Å². The maximum Gasteiger partial charge on any atom is 0.220 e. The molecule has 0 aromatic rings. The van der Waals surface area contributed by atoms with Gasteiger partial charge in [0.1, 0.15) is 30.5 Å². The molecule has 10 heteroatoms. The summed E-state index contributed by atoms with van der Waals surface area (Å²) in [7, 11) is 0. The molecule has 0 aromatic carbocycles. The molecule has 1 rings (SSSR count). The Morgan fingerprint density at radius 3 is 1.61 bits per heavy atom. The van der Waals surface area contributed by atoms with Crippen molar-refractivity contribution in [3.05, 3.63) is 0 Å². The summed E-state index contributed by atoms with van der Waals surface area (Å²) in [4.78, 5) is 12.8. The van der Waals surface area contributed by atoms with E-state index in [1.165, 1.54) is 83.5 Å². The SMILES string of the molecule is CCCCCCCCCCCCC[C@@H](O)[C@@H](O)[C@H](CO[C@@H]1O[C@H](CO)[C@H](O)C(O)C1O)NC(=O)CCCCCCCCCCCC. The first-order valence-electron chi connectivity index (χ1n) is 18.8. The minimum absolute atomic E-state index is 0.261. The highest BCUT2D eigenvalue weighted by molar-refractivity contribution is 5.76. The molecule has 0 aromatic heterocycles. The Kier molecular flexibility index (Phi) is 26.3. The van der Waals surface area contributed by atoms with E-state index in [0.717, 1.165) is 51.4 Å². The molecule has 1 saturated heterocycles. The van der Waals surface area contributed by atoms with Crippen LogP contribution in [0.4, 0.5) is 0 Å². The fraction of sp³-hybridized carbons (Fsp3) is 0.972. The fourth-order valence-electron chi connectivity index (χ4n) is 6.14. The number of carbonyl (C=O) groups is 1. The average molecular weight is 662 g/mol. The van der Waals surface area contributed by atoms with E-state index in [-0.39, 0.29) is 18.9 Å². The van der Waals surface area contributed by atoms with Crippen LogP contribution in [0.15, 0.2) is 0 Å². The van der Waals surface area contributed by atoms with Gasteiger partial charge in [-0.05, 0) is 12.8 Å². The van der Waals surface area contributed by atoms with Crippen LogP contribution in [0, 0.1) is 0 Å². The Morgan fingerprint density at radius 2 is 1.13 bits per heavy atom. The summed E-state index contributed by atoms with van der Waals surface area (Å²) in [6.45, 7) is 3.55. The summed E-state index contributed by atoms with van der Waals surface area (Å²) >= 11 is 0. The Morgan fingerprint density at radius 1 is 0.674 bits per heavy atom. The van der Waals surface area contributed by atoms with Crippen molar-refractivity contribution in [1.29, 1.82) is 0 Å². The molecule has 2 unspecified atom stereocenters. The fourth-order valence-corrected chi connectivity index (χ4v) is 6.14. The van der Waals surface area contributed by atoms with Crippen LogP contribution in [0.25, 0.3) is 0 Å². The van der Waals surface area contributed by atoms with Gasteiger partial charge in [0.25, 0.3) is 0 Å². The highest BCUT2D eigenvalue weighted by Gasteiger charge is 2.44. The minimum atomic E-state index is -1.60. The van der Waals surface area contributed by atoms with Gasteiger partial charge in [-0.2, -0.15) is 0 Å². The zero-order chi connectivity index (χ0) is 34.0. The lowest BCUT2D eigenvalue weighted by molar-refractivity contribution is -0.303. The van der Waals surface area contributed by atoms with Gasteiger partial charge >= 0.3 is 0 Å². The molecule has 1 aliphatic heterocycles. The van der Waals surface area contributed by atoms with E-state index in [0.29, 0.717) is 6.42 Å². The number of unbranched alkanes of at least 4 members (excludes halogenated alkanes) is 19. The van der Waals surface area contributed by atoms with E-state index in [1.807, 2.05) is 0 Å². The molecule has 7 N–H and O–H groups in total. The smallest absolute Gasteiger partial charge is 0.220 e. The van der Waals surface area contributed by atoms with E-state index in [4.69, 9.17) is 9.47 Å². The van der Waals surface area contributed by atoms with Gasteiger partial charge in [-0.1, -0.05) is 142 Å². The number of nitrogens with one attached hydrogen (secondary N) is 1. The largest absolute Gasteiger partial charge is 0.394 e. The highest BCUT2D eigenvalue weighted by Crippen LogP contribution is 2.23. The third-order valence-electron chi connectivity index (χ3n) is 9.30. The highest BCUT2D eigenvalue weighted by atomic mass is 16.7. The number of hydrogen-bond donors (Lipinski definition) is 7. The molecule has 1 amide bonds. The predicted octanol–water partition coefficient (Wildman–Crippen LogP) is 5.02. The van der Waals surface area contributed by atoms with Gasteiger partial charge < -0.3 is 45.4 Å². The molecule has 1 heterocycles. The Bertz CT molecular complexity index is 713.